The molecule has 0 fully saturated rings. The summed E-state index contributed by atoms with van der Waals surface area (Å²) >= 11 is 1.45. The summed E-state index contributed by atoms with van der Waals surface area (Å²) in [5.74, 6) is -0.251. The number of primary amides is 1. The number of amides is 1. The molecule has 3 nitrogen and oxygen atoms in total. The highest BCUT2D eigenvalue weighted by Crippen LogP contribution is 2.24. The molecule has 0 aliphatic rings. The highest BCUT2D eigenvalue weighted by Gasteiger charge is 2.16. The first-order valence-electron chi connectivity index (χ1n) is 5.11. The van der Waals surface area contributed by atoms with Gasteiger partial charge in [0, 0.05) is 6.20 Å². The second kappa shape index (κ2) is 8.42. The quantitative estimate of drug-likeness (QED) is 0.800. The molecule has 0 bridgehead atoms. The molecule has 0 aromatic carbocycles. The van der Waals surface area contributed by atoms with Crippen LogP contribution >= 0.6 is 24.2 Å². The third kappa shape index (κ3) is 5.37. The van der Waals surface area contributed by atoms with Crippen LogP contribution in [0.5, 0.6) is 0 Å². The minimum Gasteiger partial charge on any atom is -0.369 e. The van der Waals surface area contributed by atoms with E-state index in [0.717, 1.165) is 24.3 Å². The first-order valence-corrected chi connectivity index (χ1v) is 5.99. The lowest BCUT2D eigenvalue weighted by Crippen LogP contribution is -2.25. The molecule has 0 radical (unpaired) electrons. The summed E-state index contributed by atoms with van der Waals surface area (Å²) in [7, 11) is 0. The van der Waals surface area contributed by atoms with E-state index in [1.807, 2.05) is 18.2 Å². The second-order valence-electron chi connectivity index (χ2n) is 3.32. The molecule has 1 heterocycles. The average Bonchev–Trinajstić information content (AvgIpc) is 2.25. The molecule has 0 saturated heterocycles. The van der Waals surface area contributed by atoms with Crippen molar-refractivity contribution < 1.29 is 4.79 Å². The van der Waals surface area contributed by atoms with Gasteiger partial charge in [0.05, 0.1) is 10.3 Å². The summed E-state index contributed by atoms with van der Waals surface area (Å²) in [6.07, 6.45) is 4.65. The van der Waals surface area contributed by atoms with Gasteiger partial charge in [-0.15, -0.1) is 12.4 Å². The molecular weight excluding hydrogens is 244 g/mol. The number of aromatic nitrogens is 1. The Kier molecular flexibility index (Phi) is 8.03. The number of nitrogens with zero attached hydrogens (tertiary/aromatic N) is 1. The number of thioether (sulfide) groups is 1. The van der Waals surface area contributed by atoms with Crippen LogP contribution in [0.1, 0.15) is 26.2 Å². The molecule has 0 saturated carbocycles. The summed E-state index contributed by atoms with van der Waals surface area (Å²) < 4.78 is 0. The van der Waals surface area contributed by atoms with E-state index < -0.39 is 0 Å². The van der Waals surface area contributed by atoms with E-state index >= 15 is 0 Å². The number of unbranched alkanes of at least 4 members (excludes halogenated alkanes) is 1. The van der Waals surface area contributed by atoms with Crippen LogP contribution in [0.2, 0.25) is 0 Å². The van der Waals surface area contributed by atoms with Gasteiger partial charge in [-0.2, -0.15) is 0 Å². The fourth-order valence-electron chi connectivity index (χ4n) is 1.21. The first-order chi connectivity index (χ1) is 7.24. The van der Waals surface area contributed by atoms with Crippen LogP contribution in [0.3, 0.4) is 0 Å². The number of hydrogen-bond acceptors (Lipinski definition) is 3. The lowest BCUT2D eigenvalue weighted by molar-refractivity contribution is -0.117. The van der Waals surface area contributed by atoms with Gasteiger partial charge in [-0.05, 0) is 18.6 Å². The van der Waals surface area contributed by atoms with Gasteiger partial charge in [0.25, 0.3) is 0 Å². The van der Waals surface area contributed by atoms with Crippen molar-refractivity contribution in [2.75, 3.05) is 0 Å². The summed E-state index contributed by atoms with van der Waals surface area (Å²) in [4.78, 5) is 15.3. The maximum atomic E-state index is 11.2. The molecule has 5 heteroatoms. The molecule has 1 atom stereocenters. The molecule has 1 rings (SSSR count). The summed E-state index contributed by atoms with van der Waals surface area (Å²) in [6, 6.07) is 5.66. The van der Waals surface area contributed by atoms with E-state index in [1.54, 1.807) is 6.20 Å². The Hall–Kier alpha value is -0.740. The molecule has 0 spiro atoms. The van der Waals surface area contributed by atoms with Gasteiger partial charge in [-0.1, -0.05) is 37.6 Å². The largest absolute Gasteiger partial charge is 0.369 e. The highest BCUT2D eigenvalue weighted by molar-refractivity contribution is 8.00. The van der Waals surface area contributed by atoms with Crippen molar-refractivity contribution in [1.82, 2.24) is 4.98 Å². The van der Waals surface area contributed by atoms with Crippen molar-refractivity contribution in [3.05, 3.63) is 24.4 Å². The molecule has 0 aliphatic carbocycles. The monoisotopic (exact) mass is 260 g/mol. The fourth-order valence-corrected chi connectivity index (χ4v) is 2.18. The maximum absolute atomic E-state index is 11.2. The van der Waals surface area contributed by atoms with Gasteiger partial charge >= 0.3 is 0 Å². The molecule has 1 amide bonds. The predicted molar refractivity (Wildman–Crippen MR) is 69.8 cm³/mol. The zero-order valence-electron chi connectivity index (χ0n) is 9.26. The number of halogens is 1. The molecule has 16 heavy (non-hydrogen) atoms. The van der Waals surface area contributed by atoms with Crippen molar-refractivity contribution in [3.63, 3.8) is 0 Å². The Balaban J connectivity index is 0.00000225. The molecule has 1 aromatic heterocycles. The highest BCUT2D eigenvalue weighted by atomic mass is 35.5. The summed E-state index contributed by atoms with van der Waals surface area (Å²) in [6.45, 7) is 2.10. The minimum absolute atomic E-state index is 0. The number of rotatable bonds is 6. The minimum atomic E-state index is -0.251. The molecule has 0 aliphatic heterocycles. The molecular formula is C11H17ClN2OS. The Morgan fingerprint density at radius 1 is 1.56 bits per heavy atom. The molecule has 1 unspecified atom stereocenters. The van der Waals surface area contributed by atoms with Gasteiger partial charge < -0.3 is 5.73 Å². The third-order valence-electron chi connectivity index (χ3n) is 2.04. The van der Waals surface area contributed by atoms with Crippen LogP contribution in [0.15, 0.2) is 29.4 Å². The van der Waals surface area contributed by atoms with Crippen molar-refractivity contribution in [3.8, 4) is 0 Å². The van der Waals surface area contributed by atoms with Crippen LogP contribution < -0.4 is 5.73 Å². The molecule has 1 aromatic rings. The Bertz CT molecular complexity index is 308. The van der Waals surface area contributed by atoms with Gasteiger partial charge in [-0.3, -0.25) is 4.79 Å². The predicted octanol–water partition coefficient (Wildman–Crippen LogP) is 2.64. The van der Waals surface area contributed by atoms with Crippen LogP contribution in [-0.2, 0) is 4.79 Å². The summed E-state index contributed by atoms with van der Waals surface area (Å²) in [5.41, 5.74) is 5.34. The Morgan fingerprint density at radius 3 is 2.81 bits per heavy atom. The zero-order chi connectivity index (χ0) is 11.1. The van der Waals surface area contributed by atoms with Crippen LogP contribution in [-0.4, -0.2) is 16.1 Å². The van der Waals surface area contributed by atoms with E-state index in [4.69, 9.17) is 5.73 Å². The van der Waals surface area contributed by atoms with Crippen LogP contribution in [0, 0.1) is 0 Å². The maximum Gasteiger partial charge on any atom is 0.230 e. The van der Waals surface area contributed by atoms with Crippen molar-refractivity contribution in [2.45, 2.75) is 36.5 Å². The first kappa shape index (κ1) is 15.3. The smallest absolute Gasteiger partial charge is 0.230 e. The number of carbonyl (C=O) groups is 1. The normalized spacial score (nSPS) is 11.6. The van der Waals surface area contributed by atoms with E-state index in [-0.39, 0.29) is 23.6 Å². The van der Waals surface area contributed by atoms with E-state index in [2.05, 4.69) is 11.9 Å². The topological polar surface area (TPSA) is 56.0 Å². The Morgan fingerprint density at radius 2 is 2.31 bits per heavy atom. The number of nitrogens with two attached hydrogens (primary N) is 1. The fraction of sp³-hybridized carbons (Fsp3) is 0.455. The molecule has 90 valence electrons. The number of hydrogen-bond donors (Lipinski definition) is 1. The average molecular weight is 261 g/mol. The zero-order valence-corrected chi connectivity index (χ0v) is 10.9. The SMILES string of the molecule is CCCCC(Sc1ccccn1)C(N)=O.Cl. The third-order valence-corrected chi connectivity index (χ3v) is 3.27. The number of carbonyl (C=O) groups excluding carboxylic acids is 1. The number of pyridine rings is 1. The summed E-state index contributed by atoms with van der Waals surface area (Å²) in [5, 5.41) is 0.706. The van der Waals surface area contributed by atoms with Crippen LogP contribution in [0.25, 0.3) is 0 Å². The lowest BCUT2D eigenvalue weighted by Gasteiger charge is -2.11. The van der Waals surface area contributed by atoms with E-state index in [0.29, 0.717) is 0 Å². The Labute approximate surface area is 107 Å². The van der Waals surface area contributed by atoms with Gasteiger partial charge in [0.15, 0.2) is 0 Å². The van der Waals surface area contributed by atoms with Gasteiger partial charge in [0.2, 0.25) is 5.91 Å². The van der Waals surface area contributed by atoms with Gasteiger partial charge in [0.1, 0.15) is 0 Å². The van der Waals surface area contributed by atoms with Crippen molar-refractivity contribution in [1.29, 1.82) is 0 Å². The molecule has 2 N–H and O–H groups in total. The lowest BCUT2D eigenvalue weighted by atomic mass is 10.2. The van der Waals surface area contributed by atoms with Crippen molar-refractivity contribution in [2.24, 2.45) is 5.73 Å². The van der Waals surface area contributed by atoms with Crippen LogP contribution in [0.4, 0.5) is 0 Å². The van der Waals surface area contributed by atoms with E-state index in [9.17, 15) is 4.79 Å². The second-order valence-corrected chi connectivity index (χ2v) is 4.54. The van der Waals surface area contributed by atoms with E-state index in [1.165, 1.54) is 11.8 Å². The standard InChI is InChI=1S/C11H16N2OS.ClH/c1-2-3-6-9(11(12)14)15-10-7-4-5-8-13-10;/h4-5,7-9H,2-3,6H2,1H3,(H2,12,14);1H. The van der Waals surface area contributed by atoms with Gasteiger partial charge in [-0.25, -0.2) is 4.98 Å². The van der Waals surface area contributed by atoms with Crippen molar-refractivity contribution >= 4 is 30.1 Å².